The summed E-state index contributed by atoms with van der Waals surface area (Å²) in [5, 5.41) is 3.52. The van der Waals surface area contributed by atoms with Gasteiger partial charge in [-0.3, -0.25) is 0 Å². The Bertz CT molecular complexity index is 531. The van der Waals surface area contributed by atoms with Gasteiger partial charge in [0.15, 0.2) is 0 Å². The van der Waals surface area contributed by atoms with Crippen LogP contribution in [0.5, 0.6) is 0 Å². The second kappa shape index (κ2) is 6.14. The SMILES string of the molecule is CCCNS(=O)(=O)c1ccc(NC2(C)CCCC2)cc1. The molecule has 4 nitrogen and oxygen atoms in total. The van der Waals surface area contributed by atoms with E-state index in [0.717, 1.165) is 12.1 Å². The Hall–Kier alpha value is -1.07. The van der Waals surface area contributed by atoms with Gasteiger partial charge in [-0.2, -0.15) is 0 Å². The van der Waals surface area contributed by atoms with Gasteiger partial charge in [0, 0.05) is 17.8 Å². The minimum atomic E-state index is -3.36. The van der Waals surface area contributed by atoms with Crippen molar-refractivity contribution < 1.29 is 8.42 Å². The van der Waals surface area contributed by atoms with E-state index in [1.54, 1.807) is 12.1 Å². The lowest BCUT2D eigenvalue weighted by Crippen LogP contribution is -2.30. The van der Waals surface area contributed by atoms with Crippen LogP contribution in [0.2, 0.25) is 0 Å². The highest BCUT2D eigenvalue weighted by Crippen LogP contribution is 2.32. The minimum Gasteiger partial charge on any atom is -0.380 e. The molecule has 1 aliphatic rings. The summed E-state index contributed by atoms with van der Waals surface area (Å²) in [4.78, 5) is 0.327. The van der Waals surface area contributed by atoms with Crippen LogP contribution in [0.15, 0.2) is 29.2 Å². The highest BCUT2D eigenvalue weighted by Gasteiger charge is 2.28. The highest BCUT2D eigenvalue weighted by molar-refractivity contribution is 7.89. The summed E-state index contributed by atoms with van der Waals surface area (Å²) in [6.45, 7) is 4.64. The van der Waals surface area contributed by atoms with Crippen molar-refractivity contribution in [1.29, 1.82) is 0 Å². The van der Waals surface area contributed by atoms with Crippen LogP contribution in [0.3, 0.4) is 0 Å². The molecule has 0 heterocycles. The number of anilines is 1. The maximum atomic E-state index is 12.0. The quantitative estimate of drug-likeness (QED) is 0.848. The molecule has 0 atom stereocenters. The Kier molecular flexibility index (Phi) is 4.70. The smallest absolute Gasteiger partial charge is 0.240 e. The number of rotatable bonds is 6. The van der Waals surface area contributed by atoms with E-state index in [-0.39, 0.29) is 5.54 Å². The molecule has 0 spiro atoms. The summed E-state index contributed by atoms with van der Waals surface area (Å²) in [7, 11) is -3.36. The molecule has 5 heteroatoms. The fourth-order valence-corrected chi connectivity index (χ4v) is 3.80. The number of hydrogen-bond donors (Lipinski definition) is 2. The molecule has 1 saturated carbocycles. The third-order valence-corrected chi connectivity index (χ3v) is 5.34. The van der Waals surface area contributed by atoms with E-state index >= 15 is 0 Å². The first-order valence-electron chi connectivity index (χ1n) is 7.33. The lowest BCUT2D eigenvalue weighted by Gasteiger charge is -2.26. The molecule has 2 N–H and O–H groups in total. The second-order valence-corrected chi connectivity index (χ2v) is 7.58. The Balaban J connectivity index is 2.06. The van der Waals surface area contributed by atoms with Crippen LogP contribution in [-0.4, -0.2) is 20.5 Å². The molecule has 1 fully saturated rings. The number of hydrogen-bond acceptors (Lipinski definition) is 3. The lowest BCUT2D eigenvalue weighted by molar-refractivity contribution is 0.533. The lowest BCUT2D eigenvalue weighted by atomic mass is 10.0. The van der Waals surface area contributed by atoms with Gasteiger partial charge in [-0.05, 0) is 50.5 Å². The number of benzene rings is 1. The van der Waals surface area contributed by atoms with Gasteiger partial charge in [0.25, 0.3) is 0 Å². The van der Waals surface area contributed by atoms with Crippen LogP contribution >= 0.6 is 0 Å². The van der Waals surface area contributed by atoms with Crippen LogP contribution in [0, 0.1) is 0 Å². The van der Waals surface area contributed by atoms with Gasteiger partial charge in [0.1, 0.15) is 0 Å². The second-order valence-electron chi connectivity index (χ2n) is 5.81. The zero-order valence-corrected chi connectivity index (χ0v) is 13.1. The van der Waals surface area contributed by atoms with Crippen LogP contribution in [0.4, 0.5) is 5.69 Å². The molecule has 20 heavy (non-hydrogen) atoms. The van der Waals surface area contributed by atoms with Gasteiger partial charge in [0.2, 0.25) is 10.0 Å². The molecule has 1 aromatic rings. The van der Waals surface area contributed by atoms with Gasteiger partial charge < -0.3 is 5.32 Å². The summed E-state index contributed by atoms with van der Waals surface area (Å²) in [5.74, 6) is 0. The predicted octanol–water partition coefficient (Wildman–Crippen LogP) is 3.12. The summed E-state index contributed by atoms with van der Waals surface area (Å²) >= 11 is 0. The van der Waals surface area contributed by atoms with Crippen LogP contribution in [0.25, 0.3) is 0 Å². The van der Waals surface area contributed by atoms with Gasteiger partial charge in [-0.1, -0.05) is 19.8 Å². The first-order chi connectivity index (χ1) is 9.45. The van der Waals surface area contributed by atoms with E-state index in [2.05, 4.69) is 17.0 Å². The average Bonchev–Trinajstić information content (AvgIpc) is 2.83. The topological polar surface area (TPSA) is 58.2 Å². The molecule has 0 unspecified atom stereocenters. The van der Waals surface area contributed by atoms with Gasteiger partial charge in [0.05, 0.1) is 4.90 Å². The van der Waals surface area contributed by atoms with Crippen molar-refractivity contribution in [3.63, 3.8) is 0 Å². The maximum Gasteiger partial charge on any atom is 0.240 e. The molecule has 0 radical (unpaired) electrons. The van der Waals surface area contributed by atoms with E-state index in [9.17, 15) is 8.42 Å². The molecule has 0 amide bonds. The number of sulfonamides is 1. The van der Waals surface area contributed by atoms with Crippen molar-refractivity contribution in [1.82, 2.24) is 4.72 Å². The summed E-state index contributed by atoms with van der Waals surface area (Å²) < 4.78 is 26.5. The normalized spacial score (nSPS) is 18.1. The highest BCUT2D eigenvalue weighted by atomic mass is 32.2. The average molecular weight is 296 g/mol. The zero-order valence-electron chi connectivity index (χ0n) is 12.3. The predicted molar refractivity (Wildman–Crippen MR) is 82.4 cm³/mol. The van der Waals surface area contributed by atoms with Crippen LogP contribution in [0.1, 0.15) is 46.0 Å². The Morgan fingerprint density at radius 2 is 1.75 bits per heavy atom. The monoisotopic (exact) mass is 296 g/mol. The van der Waals surface area contributed by atoms with Gasteiger partial charge >= 0.3 is 0 Å². The molecule has 1 aliphatic carbocycles. The van der Waals surface area contributed by atoms with E-state index < -0.39 is 10.0 Å². The molecule has 0 bridgehead atoms. The standard InChI is InChI=1S/C15H24N2O2S/c1-3-12-16-20(18,19)14-8-6-13(7-9-14)17-15(2)10-4-5-11-15/h6-9,16-17H,3-5,10-12H2,1-2H3. The molecule has 2 rings (SSSR count). The molecule has 0 aromatic heterocycles. The van der Waals surface area contributed by atoms with Crippen molar-refractivity contribution >= 4 is 15.7 Å². The van der Waals surface area contributed by atoms with E-state index in [1.165, 1.54) is 25.7 Å². The minimum absolute atomic E-state index is 0.154. The Labute approximate surface area is 122 Å². The Morgan fingerprint density at radius 3 is 2.30 bits per heavy atom. The van der Waals surface area contributed by atoms with Gasteiger partial charge in [-0.15, -0.1) is 0 Å². The third-order valence-electron chi connectivity index (χ3n) is 3.86. The van der Waals surface area contributed by atoms with Crippen molar-refractivity contribution in [2.75, 3.05) is 11.9 Å². The fraction of sp³-hybridized carbons (Fsp3) is 0.600. The Morgan fingerprint density at radius 1 is 1.15 bits per heavy atom. The molecule has 112 valence electrons. The molecular formula is C15H24N2O2S. The van der Waals surface area contributed by atoms with E-state index in [1.807, 2.05) is 19.1 Å². The first-order valence-corrected chi connectivity index (χ1v) is 8.81. The maximum absolute atomic E-state index is 12.0. The molecule has 0 saturated heterocycles. The zero-order chi connectivity index (χ0) is 14.6. The third kappa shape index (κ3) is 3.73. The van der Waals surface area contributed by atoms with Gasteiger partial charge in [-0.25, -0.2) is 13.1 Å². The van der Waals surface area contributed by atoms with E-state index in [0.29, 0.717) is 11.4 Å². The van der Waals surface area contributed by atoms with Crippen molar-refractivity contribution in [3.05, 3.63) is 24.3 Å². The summed E-state index contributed by atoms with van der Waals surface area (Å²) in [5.41, 5.74) is 1.14. The number of nitrogens with one attached hydrogen (secondary N) is 2. The molecule has 1 aromatic carbocycles. The summed E-state index contributed by atoms with van der Waals surface area (Å²) in [6.07, 6.45) is 5.65. The molecular weight excluding hydrogens is 272 g/mol. The first kappa shape index (κ1) is 15.3. The fourth-order valence-electron chi connectivity index (χ4n) is 2.67. The van der Waals surface area contributed by atoms with Crippen molar-refractivity contribution in [3.8, 4) is 0 Å². The largest absolute Gasteiger partial charge is 0.380 e. The molecule has 0 aliphatic heterocycles. The summed E-state index contributed by atoms with van der Waals surface area (Å²) in [6, 6.07) is 7.03. The van der Waals surface area contributed by atoms with Crippen LogP contribution < -0.4 is 10.0 Å². The van der Waals surface area contributed by atoms with Crippen molar-refractivity contribution in [2.24, 2.45) is 0 Å². The van der Waals surface area contributed by atoms with Crippen molar-refractivity contribution in [2.45, 2.75) is 56.4 Å². The van der Waals surface area contributed by atoms with Crippen LogP contribution in [-0.2, 0) is 10.0 Å². The van der Waals surface area contributed by atoms with E-state index in [4.69, 9.17) is 0 Å².